The SMILES string of the molecule is CCN1CCC(C)NCC1CO. The summed E-state index contributed by atoms with van der Waals surface area (Å²) < 4.78 is 0. The first-order chi connectivity index (χ1) is 5.77. The van der Waals surface area contributed by atoms with Crippen LogP contribution in [0.2, 0.25) is 0 Å². The molecule has 0 spiro atoms. The monoisotopic (exact) mass is 172 g/mol. The number of hydrogen-bond donors (Lipinski definition) is 2. The third-order valence-electron chi connectivity index (χ3n) is 2.68. The molecule has 3 nitrogen and oxygen atoms in total. The molecule has 2 unspecified atom stereocenters. The molecular weight excluding hydrogens is 152 g/mol. The molecule has 1 saturated heterocycles. The van der Waals surface area contributed by atoms with E-state index in [0.29, 0.717) is 12.1 Å². The molecule has 72 valence electrons. The summed E-state index contributed by atoms with van der Waals surface area (Å²) in [5, 5.41) is 12.5. The highest BCUT2D eigenvalue weighted by molar-refractivity contribution is 4.79. The van der Waals surface area contributed by atoms with Gasteiger partial charge < -0.3 is 10.4 Å². The minimum absolute atomic E-state index is 0.271. The second-order valence-corrected chi connectivity index (χ2v) is 3.56. The van der Waals surface area contributed by atoms with Crippen LogP contribution in [0.25, 0.3) is 0 Å². The van der Waals surface area contributed by atoms with E-state index in [9.17, 15) is 0 Å². The first-order valence-electron chi connectivity index (χ1n) is 4.86. The summed E-state index contributed by atoms with van der Waals surface area (Å²) in [7, 11) is 0. The molecule has 1 fully saturated rings. The third kappa shape index (κ3) is 2.44. The first kappa shape index (κ1) is 9.96. The van der Waals surface area contributed by atoms with Gasteiger partial charge in [0.15, 0.2) is 0 Å². The van der Waals surface area contributed by atoms with E-state index in [4.69, 9.17) is 5.11 Å². The van der Waals surface area contributed by atoms with Gasteiger partial charge in [-0.3, -0.25) is 4.90 Å². The van der Waals surface area contributed by atoms with Gasteiger partial charge in [-0.05, 0) is 19.9 Å². The number of nitrogens with zero attached hydrogens (tertiary/aromatic N) is 1. The Kier molecular flexibility index (Phi) is 3.98. The average Bonchev–Trinajstić information content (AvgIpc) is 2.27. The number of rotatable bonds is 2. The molecule has 0 aromatic carbocycles. The fourth-order valence-corrected chi connectivity index (χ4v) is 1.71. The Balaban J connectivity index is 2.47. The van der Waals surface area contributed by atoms with E-state index < -0.39 is 0 Å². The van der Waals surface area contributed by atoms with E-state index in [2.05, 4.69) is 24.1 Å². The largest absolute Gasteiger partial charge is 0.395 e. The Bertz CT molecular complexity index is 116. The molecule has 2 N–H and O–H groups in total. The maximum absolute atomic E-state index is 9.12. The molecule has 3 heteroatoms. The van der Waals surface area contributed by atoms with E-state index in [1.807, 2.05) is 0 Å². The van der Waals surface area contributed by atoms with Crippen LogP contribution in [-0.4, -0.2) is 48.3 Å². The maximum Gasteiger partial charge on any atom is 0.0599 e. The van der Waals surface area contributed by atoms with Crippen molar-refractivity contribution in [3.8, 4) is 0 Å². The van der Waals surface area contributed by atoms with E-state index in [0.717, 1.165) is 19.6 Å². The van der Waals surface area contributed by atoms with Crippen molar-refractivity contribution in [1.82, 2.24) is 10.2 Å². The Morgan fingerprint density at radius 2 is 2.33 bits per heavy atom. The van der Waals surface area contributed by atoms with Gasteiger partial charge in [-0.25, -0.2) is 0 Å². The molecule has 0 saturated carbocycles. The second kappa shape index (κ2) is 4.80. The van der Waals surface area contributed by atoms with Gasteiger partial charge in [0.25, 0.3) is 0 Å². The lowest BCUT2D eigenvalue weighted by molar-refractivity contribution is 0.137. The highest BCUT2D eigenvalue weighted by atomic mass is 16.3. The number of aliphatic hydroxyl groups is 1. The number of likely N-dealkylation sites (N-methyl/N-ethyl adjacent to an activating group) is 1. The van der Waals surface area contributed by atoms with E-state index in [1.165, 1.54) is 6.42 Å². The molecule has 0 aromatic heterocycles. The predicted molar refractivity (Wildman–Crippen MR) is 50.2 cm³/mol. The average molecular weight is 172 g/mol. The zero-order valence-electron chi connectivity index (χ0n) is 8.08. The zero-order chi connectivity index (χ0) is 8.97. The fourth-order valence-electron chi connectivity index (χ4n) is 1.71. The number of aliphatic hydroxyl groups excluding tert-OH is 1. The zero-order valence-corrected chi connectivity index (χ0v) is 8.08. The van der Waals surface area contributed by atoms with Gasteiger partial charge in [0.2, 0.25) is 0 Å². The van der Waals surface area contributed by atoms with E-state index >= 15 is 0 Å². The number of nitrogens with one attached hydrogen (secondary N) is 1. The van der Waals surface area contributed by atoms with Crippen molar-refractivity contribution >= 4 is 0 Å². The van der Waals surface area contributed by atoms with Crippen LogP contribution in [0.1, 0.15) is 20.3 Å². The third-order valence-corrected chi connectivity index (χ3v) is 2.68. The normalized spacial score (nSPS) is 33.2. The van der Waals surface area contributed by atoms with Gasteiger partial charge in [0.1, 0.15) is 0 Å². The van der Waals surface area contributed by atoms with Crippen LogP contribution in [0.5, 0.6) is 0 Å². The van der Waals surface area contributed by atoms with Crippen LogP contribution in [0.4, 0.5) is 0 Å². The molecule has 1 rings (SSSR count). The van der Waals surface area contributed by atoms with Crippen molar-refractivity contribution < 1.29 is 5.11 Å². The summed E-state index contributed by atoms with van der Waals surface area (Å²) >= 11 is 0. The fraction of sp³-hybridized carbons (Fsp3) is 1.00. The van der Waals surface area contributed by atoms with Crippen molar-refractivity contribution in [3.63, 3.8) is 0 Å². The van der Waals surface area contributed by atoms with Crippen molar-refractivity contribution in [3.05, 3.63) is 0 Å². The lowest BCUT2D eigenvalue weighted by atomic mass is 10.2. The van der Waals surface area contributed by atoms with Crippen LogP contribution < -0.4 is 5.32 Å². The van der Waals surface area contributed by atoms with Crippen LogP contribution in [0.3, 0.4) is 0 Å². The summed E-state index contributed by atoms with van der Waals surface area (Å²) in [4.78, 5) is 2.34. The molecule has 12 heavy (non-hydrogen) atoms. The molecule has 0 aliphatic carbocycles. The van der Waals surface area contributed by atoms with Gasteiger partial charge in [-0.15, -0.1) is 0 Å². The summed E-state index contributed by atoms with van der Waals surface area (Å²) in [5.41, 5.74) is 0. The molecular formula is C9H20N2O. The van der Waals surface area contributed by atoms with Crippen LogP contribution in [0.15, 0.2) is 0 Å². The topological polar surface area (TPSA) is 35.5 Å². The number of hydrogen-bond acceptors (Lipinski definition) is 3. The molecule has 0 bridgehead atoms. The quantitative estimate of drug-likeness (QED) is 0.618. The summed E-state index contributed by atoms with van der Waals surface area (Å²) in [6.45, 7) is 7.70. The highest BCUT2D eigenvalue weighted by Crippen LogP contribution is 2.06. The highest BCUT2D eigenvalue weighted by Gasteiger charge is 2.20. The minimum Gasteiger partial charge on any atom is -0.395 e. The maximum atomic E-state index is 9.12. The van der Waals surface area contributed by atoms with Crippen LogP contribution >= 0.6 is 0 Å². The Morgan fingerprint density at radius 3 is 2.92 bits per heavy atom. The van der Waals surface area contributed by atoms with Gasteiger partial charge in [-0.1, -0.05) is 6.92 Å². The molecule has 0 amide bonds. The van der Waals surface area contributed by atoms with Crippen LogP contribution in [0, 0.1) is 0 Å². The van der Waals surface area contributed by atoms with Gasteiger partial charge in [0.05, 0.1) is 6.61 Å². The Labute approximate surface area is 74.8 Å². The smallest absolute Gasteiger partial charge is 0.0599 e. The van der Waals surface area contributed by atoms with Gasteiger partial charge in [-0.2, -0.15) is 0 Å². The Hall–Kier alpha value is -0.120. The Morgan fingerprint density at radius 1 is 1.58 bits per heavy atom. The minimum atomic E-state index is 0.271. The summed E-state index contributed by atoms with van der Waals surface area (Å²) in [6.07, 6.45) is 1.18. The molecule has 0 aromatic rings. The first-order valence-corrected chi connectivity index (χ1v) is 4.86. The summed E-state index contributed by atoms with van der Waals surface area (Å²) in [6, 6.07) is 0.913. The molecule has 1 heterocycles. The lowest BCUT2D eigenvalue weighted by Crippen LogP contribution is -2.42. The van der Waals surface area contributed by atoms with Crippen molar-refractivity contribution in [2.24, 2.45) is 0 Å². The molecule has 2 atom stereocenters. The molecule has 1 aliphatic rings. The van der Waals surface area contributed by atoms with Crippen molar-refractivity contribution in [2.75, 3.05) is 26.2 Å². The van der Waals surface area contributed by atoms with Gasteiger partial charge >= 0.3 is 0 Å². The lowest BCUT2D eigenvalue weighted by Gasteiger charge is -2.26. The molecule has 1 aliphatic heterocycles. The standard InChI is InChI=1S/C9H20N2O/c1-3-11-5-4-8(2)10-6-9(11)7-12/h8-10,12H,3-7H2,1-2H3. The second-order valence-electron chi connectivity index (χ2n) is 3.56. The van der Waals surface area contributed by atoms with Crippen LogP contribution in [-0.2, 0) is 0 Å². The summed E-state index contributed by atoms with van der Waals surface area (Å²) in [5.74, 6) is 0. The van der Waals surface area contributed by atoms with E-state index in [1.54, 1.807) is 0 Å². The van der Waals surface area contributed by atoms with Crippen molar-refractivity contribution in [2.45, 2.75) is 32.4 Å². The van der Waals surface area contributed by atoms with Crippen molar-refractivity contribution in [1.29, 1.82) is 0 Å². The van der Waals surface area contributed by atoms with E-state index in [-0.39, 0.29) is 6.61 Å². The van der Waals surface area contributed by atoms with Gasteiger partial charge in [0, 0.05) is 25.2 Å². The molecule has 0 radical (unpaired) electrons. The predicted octanol–water partition coefficient (Wildman–Crippen LogP) is 0.0510.